The Morgan fingerprint density at radius 2 is 2.21 bits per heavy atom. The summed E-state index contributed by atoms with van der Waals surface area (Å²) in [5, 5.41) is 11.7. The van der Waals surface area contributed by atoms with Crippen molar-refractivity contribution in [3.05, 3.63) is 51.2 Å². The van der Waals surface area contributed by atoms with Crippen molar-refractivity contribution in [2.45, 2.75) is 38.4 Å². The Kier molecular flexibility index (Phi) is 5.76. The number of pyridine rings is 1. The molecular formula is C20H21BrClN3O2S. The van der Waals surface area contributed by atoms with Gasteiger partial charge in [0, 0.05) is 22.5 Å². The van der Waals surface area contributed by atoms with Gasteiger partial charge in [-0.1, -0.05) is 36.4 Å². The molecule has 1 N–H and O–H groups in total. The number of aliphatic imine (C=N–C) groups is 1. The summed E-state index contributed by atoms with van der Waals surface area (Å²) in [6.45, 7) is 4.52. The second-order valence-corrected chi connectivity index (χ2v) is 8.87. The van der Waals surface area contributed by atoms with Gasteiger partial charge in [0.25, 0.3) is 0 Å². The molecule has 2 aromatic rings. The third-order valence-corrected chi connectivity index (χ3v) is 7.70. The lowest BCUT2D eigenvalue weighted by molar-refractivity contribution is 0.253. The third kappa shape index (κ3) is 3.27. The van der Waals surface area contributed by atoms with E-state index in [4.69, 9.17) is 21.3 Å². The maximum Gasteiger partial charge on any atom is 0.177 e. The standard InChI is InChI=1S/C20H21BrClN3O2S/c1-3-11-10-28-20-24-17(13-7-5-6-8-23-13)18(25(11)20)12-9-14(27-4-2)19(26)16(22)15(12)21/h5-9,11,17-18,26H,3-4,10H2,1-2H3/t11-,17+,18+/m0/s1. The number of hydrogen-bond acceptors (Lipinski definition) is 6. The smallest absolute Gasteiger partial charge is 0.177 e. The van der Waals surface area contributed by atoms with Crippen molar-refractivity contribution in [1.82, 2.24) is 9.88 Å². The summed E-state index contributed by atoms with van der Waals surface area (Å²) >= 11 is 11.9. The molecular weight excluding hydrogens is 462 g/mol. The molecule has 0 unspecified atom stereocenters. The number of aromatic hydroxyl groups is 1. The summed E-state index contributed by atoms with van der Waals surface area (Å²) in [5.74, 6) is 1.36. The lowest BCUT2D eigenvalue weighted by atomic mass is 9.95. The first-order chi connectivity index (χ1) is 13.6. The van der Waals surface area contributed by atoms with Crippen LogP contribution >= 0.6 is 39.3 Å². The summed E-state index contributed by atoms with van der Waals surface area (Å²) in [6.07, 6.45) is 2.82. The van der Waals surface area contributed by atoms with E-state index in [0.29, 0.717) is 22.9 Å². The van der Waals surface area contributed by atoms with Crippen LogP contribution in [0.15, 0.2) is 39.9 Å². The Balaban J connectivity index is 1.87. The first-order valence-corrected chi connectivity index (χ1v) is 11.5. The van der Waals surface area contributed by atoms with E-state index >= 15 is 0 Å². The number of rotatable bonds is 5. The van der Waals surface area contributed by atoms with Gasteiger partial charge in [0.05, 0.1) is 18.3 Å². The number of phenolic OH excluding ortho intramolecular Hbond substituents is 1. The monoisotopic (exact) mass is 481 g/mol. The summed E-state index contributed by atoms with van der Waals surface area (Å²) in [4.78, 5) is 12.0. The van der Waals surface area contributed by atoms with Gasteiger partial charge < -0.3 is 14.7 Å². The topological polar surface area (TPSA) is 58.0 Å². The van der Waals surface area contributed by atoms with E-state index in [1.165, 1.54) is 0 Å². The minimum atomic E-state index is -0.149. The number of hydrogen-bond donors (Lipinski definition) is 1. The predicted molar refractivity (Wildman–Crippen MR) is 118 cm³/mol. The minimum Gasteiger partial charge on any atom is -0.503 e. The van der Waals surface area contributed by atoms with Crippen molar-refractivity contribution in [2.24, 2.45) is 4.99 Å². The first-order valence-electron chi connectivity index (χ1n) is 9.30. The quantitative estimate of drug-likeness (QED) is 0.603. The largest absolute Gasteiger partial charge is 0.503 e. The molecule has 148 valence electrons. The van der Waals surface area contributed by atoms with Gasteiger partial charge in [0.2, 0.25) is 0 Å². The van der Waals surface area contributed by atoms with Crippen LogP contribution in [0, 0.1) is 0 Å². The number of phenols is 1. The molecule has 2 aliphatic rings. The Morgan fingerprint density at radius 1 is 1.39 bits per heavy atom. The van der Waals surface area contributed by atoms with Crippen molar-refractivity contribution in [2.75, 3.05) is 12.4 Å². The molecule has 0 bridgehead atoms. The summed E-state index contributed by atoms with van der Waals surface area (Å²) in [5.41, 5.74) is 1.86. The van der Waals surface area contributed by atoms with Crippen LogP contribution in [0.4, 0.5) is 0 Å². The fourth-order valence-electron chi connectivity index (χ4n) is 3.78. The highest BCUT2D eigenvalue weighted by Crippen LogP contribution is 2.53. The number of nitrogens with zero attached hydrogens (tertiary/aromatic N) is 3. The summed E-state index contributed by atoms with van der Waals surface area (Å²) < 4.78 is 6.32. The number of amidine groups is 1. The van der Waals surface area contributed by atoms with E-state index in [0.717, 1.165) is 28.6 Å². The fraction of sp³-hybridized carbons (Fsp3) is 0.400. The van der Waals surface area contributed by atoms with Crippen LogP contribution in [-0.2, 0) is 0 Å². The molecule has 8 heteroatoms. The van der Waals surface area contributed by atoms with E-state index in [2.05, 4.69) is 32.7 Å². The van der Waals surface area contributed by atoms with Crippen LogP contribution in [0.3, 0.4) is 0 Å². The molecule has 3 atom stereocenters. The first kappa shape index (κ1) is 19.9. The highest BCUT2D eigenvalue weighted by Gasteiger charge is 2.46. The average molecular weight is 483 g/mol. The van der Waals surface area contributed by atoms with E-state index in [1.807, 2.05) is 31.2 Å². The minimum absolute atomic E-state index is 0.0458. The average Bonchev–Trinajstić information content (AvgIpc) is 3.28. The fourth-order valence-corrected chi connectivity index (χ4v) is 5.86. The van der Waals surface area contributed by atoms with E-state index < -0.39 is 0 Å². The molecule has 28 heavy (non-hydrogen) atoms. The van der Waals surface area contributed by atoms with E-state index in [1.54, 1.807) is 18.0 Å². The van der Waals surface area contributed by atoms with Crippen LogP contribution in [0.2, 0.25) is 5.02 Å². The number of fused-ring (bicyclic) bond motifs is 1. The molecule has 2 aliphatic heterocycles. The molecule has 1 fully saturated rings. The Hall–Kier alpha value is -1.44. The Morgan fingerprint density at radius 3 is 2.89 bits per heavy atom. The van der Waals surface area contributed by atoms with Gasteiger partial charge >= 0.3 is 0 Å². The van der Waals surface area contributed by atoms with Gasteiger partial charge in [-0.2, -0.15) is 0 Å². The number of ether oxygens (including phenoxy) is 1. The molecule has 3 heterocycles. The summed E-state index contributed by atoms with van der Waals surface area (Å²) in [6, 6.07) is 7.95. The van der Waals surface area contributed by atoms with Crippen molar-refractivity contribution in [1.29, 1.82) is 0 Å². The maximum absolute atomic E-state index is 10.4. The SMILES string of the molecule is CCOc1cc([C@@H]2[C@@H](c3ccccn3)N=C3SC[C@H](CC)N32)c(Br)c(Cl)c1O. The van der Waals surface area contributed by atoms with Crippen molar-refractivity contribution in [3.8, 4) is 11.5 Å². The van der Waals surface area contributed by atoms with E-state index in [9.17, 15) is 5.11 Å². The van der Waals surface area contributed by atoms with Crippen molar-refractivity contribution in [3.63, 3.8) is 0 Å². The molecule has 1 aromatic carbocycles. The maximum atomic E-state index is 10.4. The molecule has 0 saturated carbocycles. The van der Waals surface area contributed by atoms with Crippen LogP contribution in [0.25, 0.3) is 0 Å². The lowest BCUT2D eigenvalue weighted by Crippen LogP contribution is -2.35. The van der Waals surface area contributed by atoms with Gasteiger partial charge in [0.1, 0.15) is 11.1 Å². The number of aromatic nitrogens is 1. The number of halogens is 2. The zero-order valence-corrected chi connectivity index (χ0v) is 18.8. The van der Waals surface area contributed by atoms with Gasteiger partial charge in [-0.05, 0) is 53.0 Å². The zero-order valence-electron chi connectivity index (χ0n) is 15.6. The molecule has 4 rings (SSSR count). The molecule has 5 nitrogen and oxygen atoms in total. The predicted octanol–water partition coefficient (Wildman–Crippen LogP) is 5.58. The normalized spacial score (nSPS) is 23.6. The van der Waals surface area contributed by atoms with Crippen LogP contribution in [0.1, 0.15) is 43.6 Å². The molecule has 0 aliphatic carbocycles. The van der Waals surface area contributed by atoms with Gasteiger partial charge in [-0.15, -0.1) is 0 Å². The molecule has 0 radical (unpaired) electrons. The molecule has 1 aromatic heterocycles. The molecule has 0 amide bonds. The highest BCUT2D eigenvalue weighted by molar-refractivity contribution is 9.10. The lowest BCUT2D eigenvalue weighted by Gasteiger charge is -2.33. The number of thioether (sulfide) groups is 1. The second-order valence-electron chi connectivity index (χ2n) is 6.71. The Labute approximate surface area is 182 Å². The highest BCUT2D eigenvalue weighted by atomic mass is 79.9. The van der Waals surface area contributed by atoms with E-state index in [-0.39, 0.29) is 22.9 Å². The Bertz CT molecular complexity index is 912. The van der Waals surface area contributed by atoms with Crippen LogP contribution < -0.4 is 4.74 Å². The van der Waals surface area contributed by atoms with Gasteiger partial charge in [0.15, 0.2) is 16.7 Å². The van der Waals surface area contributed by atoms with Crippen LogP contribution in [0.5, 0.6) is 11.5 Å². The molecule has 1 saturated heterocycles. The van der Waals surface area contributed by atoms with Gasteiger partial charge in [-0.3, -0.25) is 9.98 Å². The number of benzene rings is 1. The third-order valence-electron chi connectivity index (χ3n) is 5.12. The second kappa shape index (κ2) is 8.13. The molecule has 0 spiro atoms. The van der Waals surface area contributed by atoms with Crippen molar-refractivity contribution < 1.29 is 9.84 Å². The van der Waals surface area contributed by atoms with Gasteiger partial charge in [-0.25, -0.2) is 0 Å². The van der Waals surface area contributed by atoms with Crippen molar-refractivity contribution >= 4 is 44.5 Å². The zero-order chi connectivity index (χ0) is 19.8. The summed E-state index contributed by atoms with van der Waals surface area (Å²) in [7, 11) is 0. The van der Waals surface area contributed by atoms with Crippen LogP contribution in [-0.4, -0.2) is 38.6 Å².